The van der Waals surface area contributed by atoms with Crippen molar-refractivity contribution in [1.29, 1.82) is 0 Å². The van der Waals surface area contributed by atoms with Crippen LogP contribution in [0, 0.1) is 6.92 Å². The number of rotatable bonds is 9. The molecule has 0 aliphatic heterocycles. The topological polar surface area (TPSA) is 108 Å². The molecule has 0 bridgehead atoms. The summed E-state index contributed by atoms with van der Waals surface area (Å²) in [5.41, 5.74) is 3.51. The summed E-state index contributed by atoms with van der Waals surface area (Å²) < 4.78 is 5.25. The lowest BCUT2D eigenvalue weighted by atomic mass is 10.0. The fraction of sp³-hybridized carbons (Fsp3) is 0.333. The molecule has 2 N–H and O–H groups in total. The van der Waals surface area contributed by atoms with E-state index in [1.54, 1.807) is 44.6 Å². The van der Waals surface area contributed by atoms with Gasteiger partial charge in [0.15, 0.2) is 0 Å². The summed E-state index contributed by atoms with van der Waals surface area (Å²) in [6.07, 6.45) is 3.69. The van der Waals surface area contributed by atoms with Gasteiger partial charge >= 0.3 is 12.1 Å². The second-order valence-corrected chi connectivity index (χ2v) is 9.23. The van der Waals surface area contributed by atoms with Crippen LogP contribution in [-0.4, -0.2) is 65.3 Å². The summed E-state index contributed by atoms with van der Waals surface area (Å²) in [6.45, 7) is 2.00. The maximum atomic E-state index is 12.3. The maximum Gasteiger partial charge on any atom is 0.414 e. The van der Waals surface area contributed by atoms with Crippen LogP contribution >= 0.6 is 0 Å². The summed E-state index contributed by atoms with van der Waals surface area (Å²) in [5.74, 6) is 0.437. The fourth-order valence-electron chi connectivity index (χ4n) is 3.84. The zero-order chi connectivity index (χ0) is 25.8. The quantitative estimate of drug-likeness (QED) is 0.460. The lowest BCUT2D eigenvalue weighted by Crippen LogP contribution is -2.32. The molecule has 1 fully saturated rings. The van der Waals surface area contributed by atoms with Crippen molar-refractivity contribution in [2.24, 2.45) is 0 Å². The van der Waals surface area contributed by atoms with Gasteiger partial charge in [-0.25, -0.2) is 14.6 Å². The lowest BCUT2D eigenvalue weighted by Gasteiger charge is -2.22. The average molecular weight is 490 g/mol. The summed E-state index contributed by atoms with van der Waals surface area (Å²) in [5, 5.41) is 13.2. The molecule has 9 heteroatoms. The lowest BCUT2D eigenvalue weighted by molar-refractivity contribution is -0.137. The Balaban J connectivity index is 1.60. The van der Waals surface area contributed by atoms with Gasteiger partial charge in [-0.1, -0.05) is 36.4 Å². The van der Waals surface area contributed by atoms with Crippen LogP contribution in [0.5, 0.6) is 5.75 Å². The van der Waals surface area contributed by atoms with Crippen molar-refractivity contribution in [1.82, 2.24) is 14.9 Å². The molecule has 1 aromatic heterocycles. The van der Waals surface area contributed by atoms with Gasteiger partial charge in [-0.3, -0.25) is 0 Å². The minimum Gasteiger partial charge on any atom is -0.480 e. The largest absolute Gasteiger partial charge is 0.480 e. The normalized spacial score (nSPS) is 13.6. The van der Waals surface area contributed by atoms with Gasteiger partial charge in [-0.2, -0.15) is 4.98 Å². The van der Waals surface area contributed by atoms with Crippen LogP contribution in [-0.2, 0) is 11.2 Å². The number of nitrogens with one attached hydrogen (secondary N) is 1. The first-order chi connectivity index (χ1) is 17.2. The molecule has 0 radical (unpaired) electrons. The van der Waals surface area contributed by atoms with E-state index >= 15 is 0 Å². The standard InChI is InChI=1S/C27H31N5O4/c1-17-7-5-6-8-21(17)22-16-28-26(32(4)19-11-12-19)30-24(22)29-23(25(33)34)15-18-9-13-20(14-10-18)36-27(35)31(2)3/h5-10,13-14,16,19,23H,11-12,15H2,1-4H3,(H,33,34)(H,28,29,30)/t23-/m0/s1. The molecule has 1 heterocycles. The second kappa shape index (κ2) is 10.6. The predicted octanol–water partition coefficient (Wildman–Crippen LogP) is 4.22. The minimum absolute atomic E-state index is 0.211. The number of aryl methyl sites for hydroxylation is 1. The van der Waals surface area contributed by atoms with Crippen LogP contribution in [0.4, 0.5) is 16.6 Å². The van der Waals surface area contributed by atoms with E-state index in [1.807, 2.05) is 43.1 Å². The van der Waals surface area contributed by atoms with Gasteiger partial charge in [-0.15, -0.1) is 0 Å². The summed E-state index contributed by atoms with van der Waals surface area (Å²) in [4.78, 5) is 36.7. The molecule has 3 aromatic rings. The molecule has 9 nitrogen and oxygen atoms in total. The third-order valence-corrected chi connectivity index (χ3v) is 6.16. The van der Waals surface area contributed by atoms with E-state index in [-0.39, 0.29) is 6.42 Å². The first-order valence-corrected chi connectivity index (χ1v) is 11.9. The molecule has 2 aromatic carbocycles. The average Bonchev–Trinajstić information content (AvgIpc) is 3.70. The number of anilines is 2. The van der Waals surface area contributed by atoms with Crippen molar-refractivity contribution >= 4 is 23.8 Å². The molecule has 188 valence electrons. The molecule has 0 spiro atoms. The zero-order valence-electron chi connectivity index (χ0n) is 20.9. The molecule has 1 amide bonds. The Morgan fingerprint density at radius 2 is 1.78 bits per heavy atom. The second-order valence-electron chi connectivity index (χ2n) is 9.23. The SMILES string of the molecule is Cc1ccccc1-c1cnc(N(C)C2CC2)nc1N[C@@H](Cc1ccc(OC(=O)N(C)C)cc1)C(=O)O. The third-order valence-electron chi connectivity index (χ3n) is 6.16. The highest BCUT2D eigenvalue weighted by Gasteiger charge is 2.29. The van der Waals surface area contributed by atoms with Crippen molar-refractivity contribution in [3.63, 3.8) is 0 Å². The van der Waals surface area contributed by atoms with E-state index in [9.17, 15) is 14.7 Å². The highest BCUT2D eigenvalue weighted by molar-refractivity contribution is 5.83. The molecule has 1 saturated carbocycles. The van der Waals surface area contributed by atoms with Gasteiger partial charge < -0.3 is 25.0 Å². The summed E-state index contributed by atoms with van der Waals surface area (Å²) in [6, 6.07) is 14.2. The van der Waals surface area contributed by atoms with Crippen molar-refractivity contribution in [2.45, 2.75) is 38.3 Å². The van der Waals surface area contributed by atoms with Crippen LogP contribution in [0.25, 0.3) is 11.1 Å². The molecular weight excluding hydrogens is 458 g/mol. The number of carboxylic acids is 1. The van der Waals surface area contributed by atoms with Crippen molar-refractivity contribution in [3.05, 3.63) is 65.9 Å². The molecule has 1 aliphatic rings. The van der Waals surface area contributed by atoms with Gasteiger partial charge in [0.05, 0.1) is 0 Å². The van der Waals surface area contributed by atoms with Gasteiger partial charge in [0.25, 0.3) is 0 Å². The number of carbonyl (C=O) groups is 2. The molecule has 1 atom stereocenters. The number of carbonyl (C=O) groups excluding carboxylic acids is 1. The Kier molecular flexibility index (Phi) is 7.38. The number of aliphatic carboxylic acids is 1. The van der Waals surface area contributed by atoms with Crippen molar-refractivity contribution in [2.75, 3.05) is 31.4 Å². The zero-order valence-corrected chi connectivity index (χ0v) is 20.9. The monoisotopic (exact) mass is 489 g/mol. The molecule has 0 unspecified atom stereocenters. The van der Waals surface area contributed by atoms with Crippen molar-refractivity contribution in [3.8, 4) is 16.9 Å². The first kappa shape index (κ1) is 25.0. The fourth-order valence-corrected chi connectivity index (χ4v) is 3.84. The van der Waals surface area contributed by atoms with Crippen molar-refractivity contribution < 1.29 is 19.4 Å². The number of aromatic nitrogens is 2. The molecule has 0 saturated heterocycles. The number of carboxylic acid groups (broad SMARTS) is 1. The highest BCUT2D eigenvalue weighted by atomic mass is 16.6. The highest BCUT2D eigenvalue weighted by Crippen LogP contribution is 2.33. The Bertz CT molecular complexity index is 1240. The van der Waals surface area contributed by atoms with Gasteiger partial charge in [0.1, 0.15) is 17.6 Å². The number of hydrogen-bond donors (Lipinski definition) is 2. The van der Waals surface area contributed by atoms with E-state index in [0.29, 0.717) is 23.6 Å². The van der Waals surface area contributed by atoms with E-state index in [2.05, 4.69) is 10.3 Å². The van der Waals surface area contributed by atoms with E-state index in [0.717, 1.165) is 35.1 Å². The smallest absolute Gasteiger partial charge is 0.414 e. The maximum absolute atomic E-state index is 12.3. The third kappa shape index (κ3) is 5.91. The van der Waals surface area contributed by atoms with Crippen LogP contribution in [0.1, 0.15) is 24.0 Å². The predicted molar refractivity (Wildman–Crippen MR) is 139 cm³/mol. The van der Waals surface area contributed by atoms with Gasteiger partial charge in [0, 0.05) is 45.4 Å². The van der Waals surface area contributed by atoms with Crippen LogP contribution in [0.2, 0.25) is 0 Å². The van der Waals surface area contributed by atoms with Crippen LogP contribution in [0.3, 0.4) is 0 Å². The summed E-state index contributed by atoms with van der Waals surface area (Å²) in [7, 11) is 5.17. The Labute approximate surface area is 210 Å². The number of benzene rings is 2. The van der Waals surface area contributed by atoms with E-state index in [1.165, 1.54) is 4.90 Å². The van der Waals surface area contributed by atoms with Gasteiger partial charge in [-0.05, 0) is 48.6 Å². The van der Waals surface area contributed by atoms with Gasteiger partial charge in [0.2, 0.25) is 5.95 Å². The van der Waals surface area contributed by atoms with E-state index in [4.69, 9.17) is 9.72 Å². The van der Waals surface area contributed by atoms with Crippen LogP contribution in [0.15, 0.2) is 54.7 Å². The summed E-state index contributed by atoms with van der Waals surface area (Å²) >= 11 is 0. The molecule has 36 heavy (non-hydrogen) atoms. The number of hydrogen-bond acceptors (Lipinski definition) is 7. The number of ether oxygens (including phenoxy) is 1. The minimum atomic E-state index is -0.996. The first-order valence-electron chi connectivity index (χ1n) is 11.9. The Morgan fingerprint density at radius 1 is 1.08 bits per heavy atom. The molecule has 4 rings (SSSR count). The van der Waals surface area contributed by atoms with E-state index < -0.39 is 18.1 Å². The van der Waals surface area contributed by atoms with Crippen LogP contribution < -0.4 is 15.0 Å². The Morgan fingerprint density at radius 3 is 2.39 bits per heavy atom. The number of nitrogens with zero attached hydrogens (tertiary/aromatic N) is 4. The molecular formula is C27H31N5O4. The number of amides is 1. The Hall–Kier alpha value is -4.14. The molecule has 1 aliphatic carbocycles.